The van der Waals surface area contributed by atoms with Gasteiger partial charge in [-0.1, -0.05) is 0 Å². The fourth-order valence-electron chi connectivity index (χ4n) is 4.40. The first-order valence-electron chi connectivity index (χ1n) is 10.8. The summed E-state index contributed by atoms with van der Waals surface area (Å²) in [5, 5.41) is 4.67. The predicted molar refractivity (Wildman–Crippen MR) is 114 cm³/mol. The van der Waals surface area contributed by atoms with Crippen molar-refractivity contribution in [1.82, 2.24) is 29.5 Å². The van der Waals surface area contributed by atoms with Crippen molar-refractivity contribution in [3.05, 3.63) is 71.3 Å². The van der Waals surface area contributed by atoms with Crippen LogP contribution in [0.15, 0.2) is 42.9 Å². The van der Waals surface area contributed by atoms with Crippen LogP contribution in [0.5, 0.6) is 0 Å². The molecule has 0 unspecified atom stereocenters. The molecule has 0 bridgehead atoms. The fraction of sp³-hybridized carbons (Fsp3) is 0.348. The van der Waals surface area contributed by atoms with Crippen LogP contribution in [0.2, 0.25) is 0 Å². The SMILES string of the molecule is O=C(c1cnccn1)N1CCN(C(=O)c2nn(-c3ccc(F)cc3)c3c2CCCC3)CC1. The van der Waals surface area contributed by atoms with Crippen molar-refractivity contribution in [3.8, 4) is 5.69 Å². The van der Waals surface area contributed by atoms with Gasteiger partial charge in [-0.05, 0) is 49.9 Å². The highest BCUT2D eigenvalue weighted by atomic mass is 19.1. The molecule has 0 radical (unpaired) electrons. The van der Waals surface area contributed by atoms with E-state index in [0.29, 0.717) is 37.6 Å². The summed E-state index contributed by atoms with van der Waals surface area (Å²) in [6.45, 7) is 1.73. The van der Waals surface area contributed by atoms with Crippen molar-refractivity contribution >= 4 is 11.8 Å². The van der Waals surface area contributed by atoms with Crippen molar-refractivity contribution in [3.63, 3.8) is 0 Å². The van der Waals surface area contributed by atoms with Gasteiger partial charge >= 0.3 is 0 Å². The molecule has 0 saturated carbocycles. The highest BCUT2D eigenvalue weighted by Crippen LogP contribution is 2.28. The average molecular weight is 434 g/mol. The number of carbonyl (C=O) groups excluding carboxylic acids is 2. The highest BCUT2D eigenvalue weighted by Gasteiger charge is 2.31. The van der Waals surface area contributed by atoms with Gasteiger partial charge in [-0.2, -0.15) is 5.10 Å². The number of aromatic nitrogens is 4. The molecule has 3 aromatic rings. The maximum absolute atomic E-state index is 13.4. The smallest absolute Gasteiger partial charge is 0.274 e. The number of benzene rings is 1. The third kappa shape index (κ3) is 3.74. The lowest BCUT2D eigenvalue weighted by Gasteiger charge is -2.34. The Labute approximate surface area is 184 Å². The summed E-state index contributed by atoms with van der Waals surface area (Å²) >= 11 is 0. The fourth-order valence-corrected chi connectivity index (χ4v) is 4.40. The number of carbonyl (C=O) groups is 2. The van der Waals surface area contributed by atoms with E-state index in [9.17, 15) is 14.0 Å². The van der Waals surface area contributed by atoms with E-state index in [0.717, 1.165) is 42.6 Å². The zero-order chi connectivity index (χ0) is 22.1. The monoisotopic (exact) mass is 434 g/mol. The molecule has 0 spiro atoms. The van der Waals surface area contributed by atoms with Gasteiger partial charge in [0, 0.05) is 49.8 Å². The zero-order valence-corrected chi connectivity index (χ0v) is 17.6. The van der Waals surface area contributed by atoms with E-state index in [1.54, 1.807) is 26.6 Å². The first-order valence-corrected chi connectivity index (χ1v) is 10.8. The second kappa shape index (κ2) is 8.49. The van der Waals surface area contributed by atoms with Gasteiger partial charge < -0.3 is 9.80 Å². The van der Waals surface area contributed by atoms with E-state index in [1.165, 1.54) is 30.7 Å². The molecule has 1 aliphatic heterocycles. The zero-order valence-electron chi connectivity index (χ0n) is 17.6. The Bertz CT molecular complexity index is 1140. The van der Waals surface area contributed by atoms with Crippen LogP contribution in [0.3, 0.4) is 0 Å². The summed E-state index contributed by atoms with van der Waals surface area (Å²) in [7, 11) is 0. The summed E-state index contributed by atoms with van der Waals surface area (Å²) in [6.07, 6.45) is 8.18. The lowest BCUT2D eigenvalue weighted by atomic mass is 9.95. The van der Waals surface area contributed by atoms with Gasteiger partial charge in [-0.25, -0.2) is 14.1 Å². The quantitative estimate of drug-likeness (QED) is 0.632. The van der Waals surface area contributed by atoms with E-state index >= 15 is 0 Å². The Kier molecular flexibility index (Phi) is 5.38. The van der Waals surface area contributed by atoms with Crippen LogP contribution in [-0.4, -0.2) is 67.5 Å². The van der Waals surface area contributed by atoms with Gasteiger partial charge in [0.2, 0.25) is 0 Å². The summed E-state index contributed by atoms with van der Waals surface area (Å²) in [4.78, 5) is 37.5. The topological polar surface area (TPSA) is 84.2 Å². The Morgan fingerprint density at radius 2 is 1.56 bits per heavy atom. The number of nitrogens with zero attached hydrogens (tertiary/aromatic N) is 6. The molecule has 1 fully saturated rings. The van der Waals surface area contributed by atoms with E-state index in [4.69, 9.17) is 0 Å². The van der Waals surface area contributed by atoms with Crippen LogP contribution in [0.25, 0.3) is 5.69 Å². The van der Waals surface area contributed by atoms with Crippen molar-refractivity contribution in [1.29, 1.82) is 0 Å². The number of hydrogen-bond acceptors (Lipinski definition) is 5. The molecule has 1 aliphatic carbocycles. The molecule has 2 aliphatic rings. The lowest BCUT2D eigenvalue weighted by Crippen LogP contribution is -2.51. The molecule has 0 atom stereocenters. The summed E-state index contributed by atoms with van der Waals surface area (Å²) in [5.41, 5.74) is 3.55. The van der Waals surface area contributed by atoms with Crippen LogP contribution < -0.4 is 0 Å². The van der Waals surface area contributed by atoms with Crippen molar-refractivity contribution < 1.29 is 14.0 Å². The van der Waals surface area contributed by atoms with Gasteiger partial charge in [0.15, 0.2) is 5.69 Å². The van der Waals surface area contributed by atoms with Gasteiger partial charge in [0.25, 0.3) is 11.8 Å². The number of piperazine rings is 1. The van der Waals surface area contributed by atoms with Gasteiger partial charge in [0.05, 0.1) is 11.9 Å². The minimum atomic E-state index is -0.306. The molecule has 164 valence electrons. The first-order chi connectivity index (χ1) is 15.6. The number of halogens is 1. The maximum Gasteiger partial charge on any atom is 0.274 e. The van der Waals surface area contributed by atoms with Crippen LogP contribution in [0.1, 0.15) is 45.1 Å². The largest absolute Gasteiger partial charge is 0.334 e. The standard InChI is InChI=1S/C23H23FN6O2/c24-16-5-7-17(8-6-16)30-20-4-2-1-3-18(20)21(27-30)23(32)29-13-11-28(12-14-29)22(31)19-15-25-9-10-26-19/h5-10,15H,1-4,11-14H2. The second-order valence-corrected chi connectivity index (χ2v) is 8.04. The summed E-state index contributed by atoms with van der Waals surface area (Å²) in [6, 6.07) is 6.17. The molecule has 0 N–H and O–H groups in total. The second-order valence-electron chi connectivity index (χ2n) is 8.04. The normalized spacial score (nSPS) is 16.0. The van der Waals surface area contributed by atoms with Crippen LogP contribution in [0.4, 0.5) is 4.39 Å². The number of fused-ring (bicyclic) bond motifs is 1. The predicted octanol–water partition coefficient (Wildman–Crippen LogP) is 2.28. The van der Waals surface area contributed by atoms with Crippen molar-refractivity contribution in [2.24, 2.45) is 0 Å². The molecule has 1 aromatic carbocycles. The minimum Gasteiger partial charge on any atom is -0.334 e. The third-order valence-electron chi connectivity index (χ3n) is 6.09. The van der Waals surface area contributed by atoms with E-state index in [1.807, 2.05) is 0 Å². The Morgan fingerprint density at radius 3 is 2.25 bits per heavy atom. The molecule has 8 nitrogen and oxygen atoms in total. The maximum atomic E-state index is 13.4. The van der Waals surface area contributed by atoms with Crippen LogP contribution in [-0.2, 0) is 12.8 Å². The Morgan fingerprint density at radius 1 is 0.875 bits per heavy atom. The molecule has 2 aromatic heterocycles. The van der Waals surface area contributed by atoms with Gasteiger partial charge in [0.1, 0.15) is 11.5 Å². The molecule has 9 heteroatoms. The Hall–Kier alpha value is -3.62. The average Bonchev–Trinajstić information content (AvgIpc) is 3.24. The molecule has 3 heterocycles. The Balaban J connectivity index is 1.35. The van der Waals surface area contributed by atoms with Crippen LogP contribution >= 0.6 is 0 Å². The van der Waals surface area contributed by atoms with E-state index < -0.39 is 0 Å². The minimum absolute atomic E-state index is 0.115. The number of rotatable bonds is 3. The molecular weight excluding hydrogens is 411 g/mol. The van der Waals surface area contributed by atoms with E-state index in [-0.39, 0.29) is 17.6 Å². The summed E-state index contributed by atoms with van der Waals surface area (Å²) in [5.74, 6) is -0.598. The van der Waals surface area contributed by atoms with Crippen molar-refractivity contribution in [2.45, 2.75) is 25.7 Å². The first kappa shape index (κ1) is 20.3. The lowest BCUT2D eigenvalue weighted by molar-refractivity contribution is 0.0528. The van der Waals surface area contributed by atoms with Crippen LogP contribution in [0, 0.1) is 5.82 Å². The highest BCUT2D eigenvalue weighted by molar-refractivity contribution is 5.95. The number of hydrogen-bond donors (Lipinski definition) is 0. The third-order valence-corrected chi connectivity index (χ3v) is 6.09. The summed E-state index contributed by atoms with van der Waals surface area (Å²) < 4.78 is 15.2. The van der Waals surface area contributed by atoms with Gasteiger partial charge in [-0.3, -0.25) is 14.6 Å². The molecule has 1 saturated heterocycles. The molecular formula is C23H23FN6O2. The van der Waals surface area contributed by atoms with E-state index in [2.05, 4.69) is 15.1 Å². The number of amides is 2. The molecule has 2 amide bonds. The molecule has 5 rings (SSSR count). The molecule has 32 heavy (non-hydrogen) atoms. The van der Waals surface area contributed by atoms with Crippen molar-refractivity contribution in [2.75, 3.05) is 26.2 Å². The van der Waals surface area contributed by atoms with Gasteiger partial charge in [-0.15, -0.1) is 0 Å².